The van der Waals surface area contributed by atoms with Crippen LogP contribution in [0.5, 0.6) is 0 Å². The molecule has 0 saturated carbocycles. The molecule has 6 heteroatoms. The van der Waals surface area contributed by atoms with E-state index in [1.165, 1.54) is 12.3 Å². The van der Waals surface area contributed by atoms with Crippen LogP contribution in [0.1, 0.15) is 18.5 Å². The summed E-state index contributed by atoms with van der Waals surface area (Å²) in [7, 11) is 0. The number of anilines is 1. The highest BCUT2D eigenvalue weighted by Crippen LogP contribution is 2.29. The molecule has 1 saturated heterocycles. The Balaban J connectivity index is 2.08. The number of nitrogens with zero attached hydrogens (tertiary/aromatic N) is 2. The Morgan fingerprint density at radius 3 is 2.35 bits per heavy atom. The fourth-order valence-electron chi connectivity index (χ4n) is 1.86. The van der Waals surface area contributed by atoms with E-state index < -0.39 is 11.9 Å². The Hall–Kier alpha value is -1.30. The molecule has 94 valence electrons. The molecule has 1 aliphatic heterocycles. The summed E-state index contributed by atoms with van der Waals surface area (Å²) in [6, 6.07) is 2.41. The number of aliphatic hydroxyl groups excluding tert-OH is 1. The topological polar surface area (TPSA) is 36.4 Å². The maximum Gasteiger partial charge on any atom is 0.433 e. The van der Waals surface area contributed by atoms with Crippen molar-refractivity contribution in [2.75, 3.05) is 18.0 Å². The number of piperidine rings is 1. The molecule has 0 aromatic carbocycles. The normalized spacial score (nSPS) is 18.5. The number of alkyl halides is 3. The van der Waals surface area contributed by atoms with E-state index >= 15 is 0 Å². The van der Waals surface area contributed by atoms with E-state index in [2.05, 4.69) is 4.98 Å². The summed E-state index contributed by atoms with van der Waals surface area (Å²) in [4.78, 5) is 5.35. The third-order valence-electron chi connectivity index (χ3n) is 2.87. The van der Waals surface area contributed by atoms with E-state index in [1.54, 1.807) is 0 Å². The smallest absolute Gasteiger partial charge is 0.393 e. The van der Waals surface area contributed by atoms with Gasteiger partial charge >= 0.3 is 6.18 Å². The molecular weight excluding hydrogens is 233 g/mol. The van der Waals surface area contributed by atoms with Gasteiger partial charge in [-0.3, -0.25) is 0 Å². The molecule has 0 spiro atoms. The van der Waals surface area contributed by atoms with Gasteiger partial charge in [-0.05, 0) is 25.0 Å². The van der Waals surface area contributed by atoms with Crippen LogP contribution >= 0.6 is 0 Å². The number of aromatic nitrogens is 1. The lowest BCUT2D eigenvalue weighted by atomic mass is 10.1. The maximum atomic E-state index is 12.3. The van der Waals surface area contributed by atoms with Crippen LogP contribution in [0.25, 0.3) is 0 Å². The van der Waals surface area contributed by atoms with Crippen LogP contribution in [-0.2, 0) is 6.18 Å². The first-order valence-electron chi connectivity index (χ1n) is 5.43. The molecule has 1 fully saturated rings. The van der Waals surface area contributed by atoms with Crippen molar-refractivity contribution >= 4 is 5.69 Å². The van der Waals surface area contributed by atoms with Gasteiger partial charge in [0.25, 0.3) is 0 Å². The van der Waals surface area contributed by atoms with Crippen molar-refractivity contribution < 1.29 is 18.3 Å². The van der Waals surface area contributed by atoms with E-state index in [0.29, 0.717) is 31.6 Å². The van der Waals surface area contributed by atoms with Crippen LogP contribution in [0, 0.1) is 0 Å². The lowest BCUT2D eigenvalue weighted by molar-refractivity contribution is -0.141. The third-order valence-corrected chi connectivity index (χ3v) is 2.87. The van der Waals surface area contributed by atoms with Crippen molar-refractivity contribution in [2.45, 2.75) is 25.1 Å². The van der Waals surface area contributed by atoms with Crippen molar-refractivity contribution in [2.24, 2.45) is 0 Å². The number of rotatable bonds is 1. The summed E-state index contributed by atoms with van der Waals surface area (Å²) < 4.78 is 36.9. The maximum absolute atomic E-state index is 12.3. The zero-order valence-electron chi connectivity index (χ0n) is 9.11. The number of hydrogen-bond acceptors (Lipinski definition) is 3. The lowest BCUT2D eigenvalue weighted by Gasteiger charge is -2.31. The average molecular weight is 246 g/mol. The van der Waals surface area contributed by atoms with Crippen LogP contribution < -0.4 is 4.90 Å². The Labute approximate surface area is 96.9 Å². The second-order valence-corrected chi connectivity index (χ2v) is 4.12. The SMILES string of the molecule is OC1CCN(c2ccc(C(F)(F)F)nc2)CC1. The molecule has 3 nitrogen and oxygen atoms in total. The molecule has 17 heavy (non-hydrogen) atoms. The summed E-state index contributed by atoms with van der Waals surface area (Å²) in [6.45, 7) is 1.29. The standard InChI is InChI=1S/C11H13F3N2O/c12-11(13,14)10-2-1-8(7-15-10)16-5-3-9(17)4-6-16/h1-2,7,9,17H,3-6H2. The van der Waals surface area contributed by atoms with Gasteiger partial charge in [0.05, 0.1) is 18.0 Å². The van der Waals surface area contributed by atoms with Crippen LogP contribution in [0.2, 0.25) is 0 Å². The molecule has 1 aromatic heterocycles. The van der Waals surface area contributed by atoms with Crippen LogP contribution in [0.3, 0.4) is 0 Å². The summed E-state index contributed by atoms with van der Waals surface area (Å²) >= 11 is 0. The van der Waals surface area contributed by atoms with E-state index in [4.69, 9.17) is 0 Å². The molecule has 1 aromatic rings. The first-order valence-corrected chi connectivity index (χ1v) is 5.43. The zero-order chi connectivity index (χ0) is 12.5. The van der Waals surface area contributed by atoms with Gasteiger partial charge in [0.15, 0.2) is 0 Å². The van der Waals surface area contributed by atoms with Crippen molar-refractivity contribution in [3.63, 3.8) is 0 Å². The molecule has 0 bridgehead atoms. The molecular formula is C11H13F3N2O. The minimum atomic E-state index is -4.39. The predicted molar refractivity (Wildman–Crippen MR) is 56.7 cm³/mol. The second kappa shape index (κ2) is 4.52. The number of pyridine rings is 1. The van der Waals surface area contributed by atoms with Gasteiger partial charge in [0.2, 0.25) is 0 Å². The van der Waals surface area contributed by atoms with Gasteiger partial charge in [-0.15, -0.1) is 0 Å². The molecule has 1 N–H and O–H groups in total. The Morgan fingerprint density at radius 2 is 1.88 bits per heavy atom. The Bertz CT molecular complexity index is 369. The molecule has 0 aliphatic carbocycles. The van der Waals surface area contributed by atoms with E-state index in [9.17, 15) is 18.3 Å². The quantitative estimate of drug-likeness (QED) is 0.824. The summed E-state index contributed by atoms with van der Waals surface area (Å²) in [5.41, 5.74) is -0.205. The van der Waals surface area contributed by atoms with Gasteiger partial charge in [-0.1, -0.05) is 0 Å². The average Bonchev–Trinajstić information content (AvgIpc) is 2.29. The largest absolute Gasteiger partial charge is 0.433 e. The minimum absolute atomic E-state index is 0.298. The second-order valence-electron chi connectivity index (χ2n) is 4.12. The van der Waals surface area contributed by atoms with Crippen molar-refractivity contribution in [3.8, 4) is 0 Å². The first-order chi connectivity index (χ1) is 7.97. The Kier molecular flexibility index (Phi) is 3.24. The van der Waals surface area contributed by atoms with Gasteiger partial charge in [-0.2, -0.15) is 13.2 Å². The highest BCUT2D eigenvalue weighted by atomic mass is 19.4. The lowest BCUT2D eigenvalue weighted by Crippen LogP contribution is -2.35. The number of hydrogen-bond donors (Lipinski definition) is 1. The predicted octanol–water partition coefficient (Wildman–Crippen LogP) is 2.06. The van der Waals surface area contributed by atoms with Gasteiger partial charge in [0, 0.05) is 13.1 Å². The molecule has 0 amide bonds. The molecule has 2 heterocycles. The zero-order valence-corrected chi connectivity index (χ0v) is 9.11. The number of aliphatic hydroxyl groups is 1. The minimum Gasteiger partial charge on any atom is -0.393 e. The monoisotopic (exact) mass is 246 g/mol. The van der Waals surface area contributed by atoms with Crippen LogP contribution in [0.4, 0.5) is 18.9 Å². The van der Waals surface area contributed by atoms with Crippen molar-refractivity contribution in [1.29, 1.82) is 0 Å². The van der Waals surface area contributed by atoms with E-state index in [-0.39, 0.29) is 6.10 Å². The van der Waals surface area contributed by atoms with E-state index in [1.807, 2.05) is 4.90 Å². The highest BCUT2D eigenvalue weighted by molar-refractivity contribution is 5.45. The molecule has 2 rings (SSSR count). The molecule has 0 unspecified atom stereocenters. The molecule has 0 radical (unpaired) electrons. The summed E-state index contributed by atoms with van der Waals surface area (Å²) in [6.07, 6.45) is -2.17. The van der Waals surface area contributed by atoms with Gasteiger partial charge < -0.3 is 10.0 Å². The fraction of sp³-hybridized carbons (Fsp3) is 0.545. The third kappa shape index (κ3) is 2.88. The van der Waals surface area contributed by atoms with Crippen LogP contribution in [-0.4, -0.2) is 29.3 Å². The van der Waals surface area contributed by atoms with Crippen molar-refractivity contribution in [1.82, 2.24) is 4.98 Å². The van der Waals surface area contributed by atoms with Crippen molar-refractivity contribution in [3.05, 3.63) is 24.0 Å². The molecule has 1 aliphatic rings. The summed E-state index contributed by atoms with van der Waals surface area (Å²) in [5.74, 6) is 0. The molecule has 0 atom stereocenters. The number of halogens is 3. The van der Waals surface area contributed by atoms with E-state index in [0.717, 1.165) is 6.07 Å². The highest BCUT2D eigenvalue weighted by Gasteiger charge is 2.32. The summed E-state index contributed by atoms with van der Waals surface area (Å²) in [5, 5.41) is 9.33. The Morgan fingerprint density at radius 1 is 1.24 bits per heavy atom. The van der Waals surface area contributed by atoms with Gasteiger partial charge in [0.1, 0.15) is 5.69 Å². The fourth-order valence-corrected chi connectivity index (χ4v) is 1.86. The van der Waals surface area contributed by atoms with Gasteiger partial charge in [-0.25, -0.2) is 4.98 Å². The van der Waals surface area contributed by atoms with Crippen LogP contribution in [0.15, 0.2) is 18.3 Å². The first kappa shape index (κ1) is 12.2.